The lowest BCUT2D eigenvalue weighted by molar-refractivity contribution is 0.174. The minimum absolute atomic E-state index is 0.270. The highest BCUT2D eigenvalue weighted by atomic mass is 32.1. The number of aromatic nitrogens is 4. The van der Waals surface area contributed by atoms with Crippen molar-refractivity contribution in [3.63, 3.8) is 0 Å². The first-order valence-corrected chi connectivity index (χ1v) is 8.24. The smallest absolute Gasteiger partial charge is 0.235 e. The molecule has 8 heteroatoms. The lowest BCUT2D eigenvalue weighted by Crippen LogP contribution is -1.92. The van der Waals surface area contributed by atoms with Crippen LogP contribution in [0.25, 0.3) is 26.2 Å². The molecule has 1 aromatic carbocycles. The van der Waals surface area contributed by atoms with Gasteiger partial charge in [-0.1, -0.05) is 17.4 Å². The van der Waals surface area contributed by atoms with Crippen molar-refractivity contribution in [3.8, 4) is 32.8 Å². The molecule has 0 aliphatic carbocycles. The highest BCUT2D eigenvalue weighted by Crippen LogP contribution is 2.37. The number of fused-ring (bicyclic) bond motifs is 2. The fraction of sp³-hybridized carbons (Fsp3) is 0.0714. The Hall–Kier alpha value is -2.45. The van der Waals surface area contributed by atoms with E-state index in [9.17, 15) is 0 Å². The van der Waals surface area contributed by atoms with E-state index in [0.29, 0.717) is 0 Å². The molecule has 0 unspecified atom stereocenters. The first kappa shape index (κ1) is 12.1. The van der Waals surface area contributed by atoms with Crippen LogP contribution >= 0.6 is 22.7 Å². The van der Waals surface area contributed by atoms with Crippen molar-refractivity contribution >= 4 is 27.6 Å². The predicted octanol–water partition coefficient (Wildman–Crippen LogP) is 3.31. The molecule has 0 saturated heterocycles. The van der Waals surface area contributed by atoms with Crippen LogP contribution in [-0.4, -0.2) is 26.6 Å². The van der Waals surface area contributed by atoms with Crippen LogP contribution in [0, 0.1) is 0 Å². The van der Waals surface area contributed by atoms with Gasteiger partial charge in [0.2, 0.25) is 11.8 Å². The van der Waals surface area contributed by atoms with Crippen LogP contribution in [0.4, 0.5) is 0 Å². The second-order valence-corrected chi connectivity index (χ2v) is 6.57. The van der Waals surface area contributed by atoms with Crippen molar-refractivity contribution in [1.82, 2.24) is 19.8 Å². The molecule has 3 aromatic heterocycles. The van der Waals surface area contributed by atoms with E-state index in [0.717, 1.165) is 37.7 Å². The van der Waals surface area contributed by atoms with E-state index in [2.05, 4.69) is 15.3 Å². The van der Waals surface area contributed by atoms with Crippen LogP contribution in [0.1, 0.15) is 0 Å². The normalized spacial score (nSPS) is 13.1. The van der Waals surface area contributed by atoms with Gasteiger partial charge in [-0.15, -0.1) is 21.5 Å². The molecule has 0 saturated carbocycles. The largest absolute Gasteiger partial charge is 0.454 e. The van der Waals surface area contributed by atoms with Crippen LogP contribution in [0.15, 0.2) is 35.7 Å². The van der Waals surface area contributed by atoms with Gasteiger partial charge in [-0.2, -0.15) is 9.61 Å². The molecule has 1 aliphatic heterocycles. The molecule has 0 atom stereocenters. The van der Waals surface area contributed by atoms with Crippen molar-refractivity contribution in [2.75, 3.05) is 6.79 Å². The molecule has 0 spiro atoms. The van der Waals surface area contributed by atoms with Gasteiger partial charge in [-0.3, -0.25) is 0 Å². The highest BCUT2D eigenvalue weighted by molar-refractivity contribution is 7.19. The zero-order valence-corrected chi connectivity index (χ0v) is 12.7. The minimum Gasteiger partial charge on any atom is -0.454 e. The van der Waals surface area contributed by atoms with Crippen molar-refractivity contribution in [1.29, 1.82) is 0 Å². The Balaban J connectivity index is 1.64. The third-order valence-electron chi connectivity index (χ3n) is 3.35. The topological polar surface area (TPSA) is 61.5 Å². The summed E-state index contributed by atoms with van der Waals surface area (Å²) in [6, 6.07) is 9.83. The molecule has 0 fully saturated rings. The number of hydrogen-bond acceptors (Lipinski definition) is 7. The lowest BCUT2D eigenvalue weighted by Gasteiger charge is -1.98. The summed E-state index contributed by atoms with van der Waals surface area (Å²) in [6.07, 6.45) is 0. The van der Waals surface area contributed by atoms with E-state index in [4.69, 9.17) is 9.47 Å². The number of thiophene rings is 1. The summed E-state index contributed by atoms with van der Waals surface area (Å²) in [4.78, 5) is 1.83. The highest BCUT2D eigenvalue weighted by Gasteiger charge is 2.18. The first-order chi connectivity index (χ1) is 10.9. The van der Waals surface area contributed by atoms with Crippen molar-refractivity contribution in [2.24, 2.45) is 0 Å². The molecule has 22 heavy (non-hydrogen) atoms. The SMILES string of the molecule is c1csc(-c2nnc3sc(-c4ccc5c(c4)OCO5)nn23)c1. The minimum atomic E-state index is 0.270. The van der Waals surface area contributed by atoms with E-state index >= 15 is 0 Å². The quantitative estimate of drug-likeness (QED) is 0.565. The summed E-state index contributed by atoms with van der Waals surface area (Å²) in [5.74, 6) is 2.29. The molecule has 4 heterocycles. The Morgan fingerprint density at radius 3 is 2.95 bits per heavy atom. The first-order valence-electron chi connectivity index (χ1n) is 6.55. The summed E-state index contributed by atoms with van der Waals surface area (Å²) in [6.45, 7) is 0.270. The molecular formula is C14H8N4O2S2. The maximum atomic E-state index is 5.42. The molecule has 0 bridgehead atoms. The zero-order chi connectivity index (χ0) is 14.5. The number of hydrogen-bond donors (Lipinski definition) is 0. The average Bonchev–Trinajstić information content (AvgIpc) is 3.28. The van der Waals surface area contributed by atoms with E-state index in [-0.39, 0.29) is 6.79 Å². The van der Waals surface area contributed by atoms with E-state index in [1.807, 2.05) is 35.7 Å². The van der Waals surface area contributed by atoms with Gasteiger partial charge in [0.25, 0.3) is 0 Å². The molecule has 4 aromatic rings. The summed E-state index contributed by atoms with van der Waals surface area (Å²) in [5.41, 5.74) is 0.983. The molecule has 0 amide bonds. The fourth-order valence-electron chi connectivity index (χ4n) is 2.32. The number of benzene rings is 1. The van der Waals surface area contributed by atoms with Crippen molar-refractivity contribution in [3.05, 3.63) is 35.7 Å². The molecule has 6 nitrogen and oxygen atoms in total. The maximum Gasteiger partial charge on any atom is 0.235 e. The van der Waals surface area contributed by atoms with Gasteiger partial charge in [-0.05, 0) is 29.6 Å². The fourth-order valence-corrected chi connectivity index (χ4v) is 3.85. The van der Waals surface area contributed by atoms with Gasteiger partial charge < -0.3 is 9.47 Å². The van der Waals surface area contributed by atoms with E-state index in [1.165, 1.54) is 11.3 Å². The van der Waals surface area contributed by atoms with Crippen LogP contribution in [-0.2, 0) is 0 Å². The third kappa shape index (κ3) is 1.74. The van der Waals surface area contributed by atoms with Gasteiger partial charge in [-0.25, -0.2) is 0 Å². The number of ether oxygens (including phenoxy) is 2. The Labute approximate surface area is 132 Å². The predicted molar refractivity (Wildman–Crippen MR) is 83.5 cm³/mol. The van der Waals surface area contributed by atoms with Crippen molar-refractivity contribution in [2.45, 2.75) is 0 Å². The molecule has 0 N–H and O–H groups in total. The standard InChI is InChI=1S/C14H8N4O2S2/c1-2-11(21-5-1)12-15-16-14-18(12)17-13(22-14)8-3-4-9-10(6-8)20-7-19-9/h1-6H,7H2. The zero-order valence-electron chi connectivity index (χ0n) is 11.1. The van der Waals surface area contributed by atoms with E-state index < -0.39 is 0 Å². The Morgan fingerprint density at radius 2 is 2.05 bits per heavy atom. The van der Waals surface area contributed by atoms with Crippen LogP contribution in [0.2, 0.25) is 0 Å². The molecule has 108 valence electrons. The van der Waals surface area contributed by atoms with Gasteiger partial charge in [0.05, 0.1) is 4.88 Å². The summed E-state index contributed by atoms with van der Waals surface area (Å²) < 4.78 is 12.5. The van der Waals surface area contributed by atoms with Gasteiger partial charge in [0.1, 0.15) is 5.01 Å². The Kier molecular flexibility index (Phi) is 2.49. The van der Waals surface area contributed by atoms with Gasteiger partial charge in [0, 0.05) is 5.56 Å². The van der Waals surface area contributed by atoms with Crippen LogP contribution in [0.5, 0.6) is 11.5 Å². The summed E-state index contributed by atoms with van der Waals surface area (Å²) >= 11 is 3.12. The second-order valence-electron chi connectivity index (χ2n) is 4.67. The van der Waals surface area contributed by atoms with Crippen LogP contribution in [0.3, 0.4) is 0 Å². The molecule has 0 radical (unpaired) electrons. The Bertz CT molecular complexity index is 974. The monoisotopic (exact) mass is 328 g/mol. The summed E-state index contributed by atoms with van der Waals surface area (Å²) in [5, 5.41) is 16.0. The van der Waals surface area contributed by atoms with E-state index in [1.54, 1.807) is 15.9 Å². The average molecular weight is 328 g/mol. The summed E-state index contributed by atoms with van der Waals surface area (Å²) in [7, 11) is 0. The maximum absolute atomic E-state index is 5.42. The molecule has 1 aliphatic rings. The Morgan fingerprint density at radius 1 is 1.09 bits per heavy atom. The molecular weight excluding hydrogens is 320 g/mol. The van der Waals surface area contributed by atoms with Crippen LogP contribution < -0.4 is 9.47 Å². The van der Waals surface area contributed by atoms with Crippen molar-refractivity contribution < 1.29 is 9.47 Å². The lowest BCUT2D eigenvalue weighted by atomic mass is 10.2. The second kappa shape index (κ2) is 4.52. The molecule has 5 rings (SSSR count). The number of nitrogens with zero attached hydrogens (tertiary/aromatic N) is 4. The van der Waals surface area contributed by atoms with Gasteiger partial charge >= 0.3 is 0 Å². The third-order valence-corrected chi connectivity index (χ3v) is 5.17. The van der Waals surface area contributed by atoms with Gasteiger partial charge in [0.15, 0.2) is 17.3 Å². The number of rotatable bonds is 2.